The Kier molecular flexibility index (Phi) is 6.95. The van der Waals surface area contributed by atoms with Gasteiger partial charge in [-0.3, -0.25) is 9.36 Å². The molecule has 0 fully saturated rings. The molecule has 33 heavy (non-hydrogen) atoms. The summed E-state index contributed by atoms with van der Waals surface area (Å²) in [6, 6.07) is 11.5. The van der Waals surface area contributed by atoms with Crippen molar-refractivity contribution in [3.05, 3.63) is 83.2 Å². The minimum atomic E-state index is -0.535. The summed E-state index contributed by atoms with van der Waals surface area (Å²) in [6.07, 6.45) is 1.89. The van der Waals surface area contributed by atoms with Crippen LogP contribution in [0, 0.1) is 0 Å². The normalized spacial score (nSPS) is 15.9. The highest BCUT2D eigenvalue weighted by molar-refractivity contribution is 7.10. The van der Waals surface area contributed by atoms with Crippen molar-refractivity contribution in [1.82, 2.24) is 4.57 Å². The van der Waals surface area contributed by atoms with E-state index in [4.69, 9.17) is 4.74 Å². The van der Waals surface area contributed by atoms with Gasteiger partial charge < -0.3 is 9.64 Å². The van der Waals surface area contributed by atoms with Gasteiger partial charge in [0.05, 0.1) is 22.4 Å². The van der Waals surface area contributed by atoms with E-state index in [2.05, 4.69) is 35.9 Å². The van der Waals surface area contributed by atoms with Crippen LogP contribution in [0.1, 0.15) is 44.2 Å². The summed E-state index contributed by atoms with van der Waals surface area (Å²) in [7, 11) is 0. The van der Waals surface area contributed by atoms with Crippen molar-refractivity contribution < 1.29 is 9.53 Å². The molecule has 8 heteroatoms. The van der Waals surface area contributed by atoms with Crippen molar-refractivity contribution in [2.24, 2.45) is 4.99 Å². The predicted molar refractivity (Wildman–Crippen MR) is 135 cm³/mol. The Bertz CT molecular complexity index is 1350. The second-order valence-corrected chi connectivity index (χ2v) is 9.57. The lowest BCUT2D eigenvalue weighted by molar-refractivity contribution is -0.139. The number of aromatic nitrogens is 1. The zero-order chi connectivity index (χ0) is 23.5. The fourth-order valence-electron chi connectivity index (χ4n) is 4.03. The van der Waals surface area contributed by atoms with Gasteiger partial charge in [0.2, 0.25) is 0 Å². The minimum absolute atomic E-state index is 0.153. The van der Waals surface area contributed by atoms with Gasteiger partial charge in [-0.1, -0.05) is 29.5 Å². The van der Waals surface area contributed by atoms with Gasteiger partial charge in [0, 0.05) is 23.7 Å². The van der Waals surface area contributed by atoms with E-state index in [0.717, 1.165) is 29.2 Å². The molecule has 3 heterocycles. The van der Waals surface area contributed by atoms with Crippen LogP contribution in [0.3, 0.4) is 0 Å². The number of carbonyl (C=O) groups excluding carboxylic acids is 1. The summed E-state index contributed by atoms with van der Waals surface area (Å²) in [4.78, 5) is 34.7. The van der Waals surface area contributed by atoms with Crippen LogP contribution in [-0.2, 0) is 9.53 Å². The number of fused-ring (bicyclic) bond motifs is 1. The lowest BCUT2D eigenvalue weighted by Crippen LogP contribution is -2.39. The lowest BCUT2D eigenvalue weighted by Gasteiger charge is -2.23. The molecular weight excluding hydrogens is 454 g/mol. The second kappa shape index (κ2) is 9.89. The van der Waals surface area contributed by atoms with Gasteiger partial charge in [-0.15, -0.1) is 11.3 Å². The monoisotopic (exact) mass is 481 g/mol. The van der Waals surface area contributed by atoms with E-state index in [-0.39, 0.29) is 12.2 Å². The molecule has 1 aliphatic heterocycles. The Morgan fingerprint density at radius 3 is 2.52 bits per heavy atom. The van der Waals surface area contributed by atoms with Gasteiger partial charge in [0.25, 0.3) is 5.56 Å². The molecule has 4 rings (SSSR count). The van der Waals surface area contributed by atoms with E-state index in [0.29, 0.717) is 20.6 Å². The number of hydrogen-bond acceptors (Lipinski definition) is 7. The molecule has 0 bridgehead atoms. The molecule has 0 radical (unpaired) electrons. The highest BCUT2D eigenvalue weighted by Crippen LogP contribution is 2.33. The first-order valence-corrected chi connectivity index (χ1v) is 12.8. The van der Waals surface area contributed by atoms with Crippen molar-refractivity contribution in [2.75, 3.05) is 24.6 Å². The van der Waals surface area contributed by atoms with Crippen LogP contribution < -0.4 is 19.8 Å². The molecule has 1 aliphatic rings. The zero-order valence-electron chi connectivity index (χ0n) is 19.2. The van der Waals surface area contributed by atoms with Crippen LogP contribution in [0.15, 0.2) is 62.8 Å². The number of ether oxygens (including phenoxy) is 1. The smallest absolute Gasteiger partial charge is 0.338 e. The predicted octanol–water partition coefficient (Wildman–Crippen LogP) is 3.71. The molecule has 0 unspecified atom stereocenters. The van der Waals surface area contributed by atoms with Crippen molar-refractivity contribution in [1.29, 1.82) is 0 Å². The average Bonchev–Trinajstić information content (AvgIpc) is 3.44. The quantitative estimate of drug-likeness (QED) is 0.483. The summed E-state index contributed by atoms with van der Waals surface area (Å²) in [6.45, 7) is 9.99. The number of allylic oxidation sites excluding steroid dienone is 1. The third-order valence-electron chi connectivity index (χ3n) is 5.65. The number of thiazole rings is 1. The third-order valence-corrected chi connectivity index (χ3v) is 7.56. The van der Waals surface area contributed by atoms with Crippen LogP contribution in [-0.4, -0.2) is 30.2 Å². The Balaban J connectivity index is 1.82. The van der Waals surface area contributed by atoms with Crippen molar-refractivity contribution >= 4 is 40.4 Å². The number of nitrogens with zero attached hydrogens (tertiary/aromatic N) is 3. The Hall–Kier alpha value is -2.97. The summed E-state index contributed by atoms with van der Waals surface area (Å²) in [5, 5.41) is 1.95. The van der Waals surface area contributed by atoms with E-state index < -0.39 is 12.0 Å². The van der Waals surface area contributed by atoms with E-state index in [9.17, 15) is 9.59 Å². The highest BCUT2D eigenvalue weighted by Gasteiger charge is 2.33. The maximum Gasteiger partial charge on any atom is 0.338 e. The molecular formula is C25H27N3O3S2. The third kappa shape index (κ3) is 4.45. The molecule has 0 spiro atoms. The zero-order valence-corrected chi connectivity index (χ0v) is 20.8. The van der Waals surface area contributed by atoms with Gasteiger partial charge >= 0.3 is 5.97 Å². The first kappa shape index (κ1) is 23.2. The van der Waals surface area contributed by atoms with E-state index in [1.54, 1.807) is 18.4 Å². The summed E-state index contributed by atoms with van der Waals surface area (Å²) in [5.74, 6) is -0.432. The fourth-order valence-corrected chi connectivity index (χ4v) is 5.90. The van der Waals surface area contributed by atoms with E-state index in [1.807, 2.05) is 35.7 Å². The number of thiophene rings is 1. The molecule has 0 N–H and O–H groups in total. The first-order chi connectivity index (χ1) is 16.0. The average molecular weight is 482 g/mol. The number of carbonyl (C=O) groups is 1. The standard InChI is InChI=1S/C25H27N3O3S2/c1-5-27(6-2)18-12-10-17(11-13-18)15-20-23(29)28-22(19-9-8-14-32-19)21(24(30)31-7-3)16(4)26-25(28)33-20/h8-15,22H,5-7H2,1-4H3/b20-15-/t22-/m0/s1. The molecule has 0 aliphatic carbocycles. The van der Waals surface area contributed by atoms with Crippen LogP contribution in [0.2, 0.25) is 0 Å². The Labute approximate surface area is 200 Å². The van der Waals surface area contributed by atoms with Crippen LogP contribution >= 0.6 is 22.7 Å². The molecule has 2 aromatic heterocycles. The molecule has 172 valence electrons. The minimum Gasteiger partial charge on any atom is -0.463 e. The topological polar surface area (TPSA) is 63.9 Å². The Morgan fingerprint density at radius 1 is 1.18 bits per heavy atom. The number of esters is 1. The summed E-state index contributed by atoms with van der Waals surface area (Å²) >= 11 is 2.86. The highest BCUT2D eigenvalue weighted by atomic mass is 32.1. The fraction of sp³-hybridized carbons (Fsp3) is 0.320. The SMILES string of the molecule is CCOC(=O)C1=C(C)N=c2s/c(=C\c3ccc(N(CC)CC)cc3)c(=O)n2[C@H]1c1cccs1. The molecule has 0 saturated heterocycles. The van der Waals surface area contributed by atoms with Crippen molar-refractivity contribution in [3.63, 3.8) is 0 Å². The molecule has 0 saturated carbocycles. The summed E-state index contributed by atoms with van der Waals surface area (Å²) in [5.41, 5.74) is 2.96. The van der Waals surface area contributed by atoms with Gasteiger partial charge in [-0.2, -0.15) is 0 Å². The van der Waals surface area contributed by atoms with E-state index in [1.165, 1.54) is 22.7 Å². The molecule has 3 aromatic rings. The van der Waals surface area contributed by atoms with Gasteiger partial charge in [-0.25, -0.2) is 9.79 Å². The molecule has 1 atom stereocenters. The van der Waals surface area contributed by atoms with Crippen molar-refractivity contribution in [3.8, 4) is 0 Å². The first-order valence-electron chi connectivity index (χ1n) is 11.1. The Morgan fingerprint density at radius 2 is 1.91 bits per heavy atom. The van der Waals surface area contributed by atoms with Crippen molar-refractivity contribution in [2.45, 2.75) is 33.7 Å². The maximum atomic E-state index is 13.5. The van der Waals surface area contributed by atoms with Gasteiger partial charge in [-0.05, 0) is 62.9 Å². The summed E-state index contributed by atoms with van der Waals surface area (Å²) < 4.78 is 7.53. The number of hydrogen-bond donors (Lipinski definition) is 0. The van der Waals surface area contributed by atoms with Gasteiger partial charge in [0.1, 0.15) is 6.04 Å². The van der Waals surface area contributed by atoms with Gasteiger partial charge in [0.15, 0.2) is 4.80 Å². The lowest BCUT2D eigenvalue weighted by atomic mass is 10.0. The van der Waals surface area contributed by atoms with Crippen LogP contribution in [0.5, 0.6) is 0 Å². The number of benzene rings is 1. The largest absolute Gasteiger partial charge is 0.463 e. The van der Waals surface area contributed by atoms with Crippen LogP contribution in [0.4, 0.5) is 5.69 Å². The number of rotatable bonds is 7. The number of anilines is 1. The van der Waals surface area contributed by atoms with Crippen LogP contribution in [0.25, 0.3) is 6.08 Å². The maximum absolute atomic E-state index is 13.5. The molecule has 1 aromatic carbocycles. The second-order valence-electron chi connectivity index (χ2n) is 7.58. The molecule has 6 nitrogen and oxygen atoms in total. The molecule has 0 amide bonds. The van der Waals surface area contributed by atoms with E-state index >= 15 is 0 Å².